The Morgan fingerprint density at radius 1 is 1.07 bits per heavy atom. The Labute approximate surface area is 172 Å². The summed E-state index contributed by atoms with van der Waals surface area (Å²) >= 11 is 0. The van der Waals surface area contributed by atoms with Gasteiger partial charge in [-0.2, -0.15) is 0 Å². The van der Waals surface area contributed by atoms with Crippen LogP contribution in [0.25, 0.3) is 11.6 Å². The lowest BCUT2D eigenvalue weighted by atomic mass is 10.00. The van der Waals surface area contributed by atoms with Crippen molar-refractivity contribution in [3.63, 3.8) is 0 Å². The minimum absolute atomic E-state index is 0.0565. The highest BCUT2D eigenvalue weighted by Crippen LogP contribution is 2.27. The van der Waals surface area contributed by atoms with Crippen molar-refractivity contribution in [1.29, 1.82) is 0 Å². The van der Waals surface area contributed by atoms with Gasteiger partial charge in [0.25, 0.3) is 5.91 Å². The van der Waals surface area contributed by atoms with Crippen LogP contribution >= 0.6 is 0 Å². The lowest BCUT2D eigenvalue weighted by molar-refractivity contribution is -0.125. The molecule has 0 atom stereocenters. The number of furan rings is 1. The standard InChI is InChI=1S/C25H26N2O2/c1-26(2)18-22-16-21-17-27(14-13-24(21)29-22)25(28)23(20-11-7-4-8-12-20)15-19-9-5-3-6-10-19/h3-12,15-16H,13-14,17-18H2,1-2H3. The third-order valence-electron chi connectivity index (χ3n) is 5.10. The summed E-state index contributed by atoms with van der Waals surface area (Å²) in [6.07, 6.45) is 2.74. The summed E-state index contributed by atoms with van der Waals surface area (Å²) in [4.78, 5) is 17.5. The average molecular weight is 386 g/mol. The second-order valence-corrected chi connectivity index (χ2v) is 7.71. The molecule has 1 aromatic heterocycles. The van der Waals surface area contributed by atoms with Gasteiger partial charge in [-0.05, 0) is 37.4 Å². The van der Waals surface area contributed by atoms with E-state index in [0.29, 0.717) is 13.1 Å². The maximum Gasteiger partial charge on any atom is 0.254 e. The molecule has 0 saturated carbocycles. The second kappa shape index (κ2) is 8.50. The van der Waals surface area contributed by atoms with E-state index in [2.05, 4.69) is 11.0 Å². The van der Waals surface area contributed by atoms with E-state index < -0.39 is 0 Å². The Balaban J connectivity index is 1.62. The van der Waals surface area contributed by atoms with Gasteiger partial charge in [-0.15, -0.1) is 0 Å². The van der Waals surface area contributed by atoms with Crippen LogP contribution in [0.1, 0.15) is 28.2 Å². The normalized spacial score (nSPS) is 14.2. The minimum atomic E-state index is 0.0565. The van der Waals surface area contributed by atoms with E-state index in [1.54, 1.807) is 0 Å². The summed E-state index contributed by atoms with van der Waals surface area (Å²) in [6.45, 7) is 2.02. The van der Waals surface area contributed by atoms with E-state index in [-0.39, 0.29) is 5.91 Å². The molecular formula is C25H26N2O2. The number of amides is 1. The number of nitrogens with zero attached hydrogens (tertiary/aromatic N) is 2. The summed E-state index contributed by atoms with van der Waals surface area (Å²) in [5.41, 5.74) is 3.80. The zero-order valence-electron chi connectivity index (χ0n) is 17.0. The predicted molar refractivity (Wildman–Crippen MR) is 116 cm³/mol. The van der Waals surface area contributed by atoms with E-state index in [9.17, 15) is 4.79 Å². The van der Waals surface area contributed by atoms with Crippen LogP contribution in [0.15, 0.2) is 71.1 Å². The van der Waals surface area contributed by atoms with Crippen LogP contribution in [-0.4, -0.2) is 36.3 Å². The second-order valence-electron chi connectivity index (χ2n) is 7.71. The third kappa shape index (κ3) is 4.49. The van der Waals surface area contributed by atoms with Crippen LogP contribution in [-0.2, 0) is 24.3 Å². The Morgan fingerprint density at radius 2 is 1.76 bits per heavy atom. The number of carbonyl (C=O) groups excluding carboxylic acids is 1. The number of fused-ring (bicyclic) bond motifs is 1. The number of carbonyl (C=O) groups is 1. The van der Waals surface area contributed by atoms with Crippen LogP contribution in [0, 0.1) is 0 Å². The molecule has 4 rings (SSSR count). The summed E-state index contributed by atoms with van der Waals surface area (Å²) in [5.74, 6) is 2.03. The van der Waals surface area contributed by atoms with E-state index in [1.807, 2.05) is 85.7 Å². The first kappa shape index (κ1) is 19.2. The van der Waals surface area contributed by atoms with E-state index >= 15 is 0 Å². The van der Waals surface area contributed by atoms with Gasteiger partial charge in [-0.3, -0.25) is 4.79 Å². The molecule has 4 nitrogen and oxygen atoms in total. The first-order chi connectivity index (χ1) is 14.1. The van der Waals surface area contributed by atoms with Crippen molar-refractivity contribution in [3.8, 4) is 0 Å². The van der Waals surface area contributed by atoms with E-state index in [1.165, 1.54) is 0 Å². The molecule has 3 aromatic rings. The molecule has 4 heteroatoms. The summed E-state index contributed by atoms with van der Waals surface area (Å²) in [7, 11) is 4.05. The number of benzene rings is 2. The Bertz CT molecular complexity index is 1000. The van der Waals surface area contributed by atoms with Crippen LogP contribution < -0.4 is 0 Å². The number of rotatable bonds is 5. The molecule has 2 heterocycles. The maximum atomic E-state index is 13.5. The zero-order valence-corrected chi connectivity index (χ0v) is 17.0. The molecule has 0 unspecified atom stereocenters. The van der Waals surface area contributed by atoms with Crippen LogP contribution in [0.4, 0.5) is 0 Å². The van der Waals surface area contributed by atoms with Gasteiger partial charge in [-0.25, -0.2) is 0 Å². The van der Waals surface area contributed by atoms with Crippen LogP contribution in [0.5, 0.6) is 0 Å². The average Bonchev–Trinajstić information content (AvgIpc) is 3.13. The molecule has 1 aliphatic heterocycles. The molecular weight excluding hydrogens is 360 g/mol. The molecule has 2 aromatic carbocycles. The quantitative estimate of drug-likeness (QED) is 0.480. The van der Waals surface area contributed by atoms with Gasteiger partial charge in [0.05, 0.1) is 6.54 Å². The maximum absolute atomic E-state index is 13.5. The fraction of sp³-hybridized carbons (Fsp3) is 0.240. The van der Waals surface area contributed by atoms with Gasteiger partial charge in [0.1, 0.15) is 11.5 Å². The van der Waals surface area contributed by atoms with Gasteiger partial charge in [-0.1, -0.05) is 60.7 Å². The molecule has 29 heavy (non-hydrogen) atoms. The third-order valence-corrected chi connectivity index (χ3v) is 5.10. The predicted octanol–water partition coefficient (Wildman–Crippen LogP) is 4.47. The van der Waals surface area contributed by atoms with Gasteiger partial charge >= 0.3 is 0 Å². The molecule has 0 aliphatic carbocycles. The van der Waals surface area contributed by atoms with Crippen molar-refractivity contribution >= 4 is 17.6 Å². The Morgan fingerprint density at radius 3 is 2.45 bits per heavy atom. The van der Waals surface area contributed by atoms with Crippen molar-refractivity contribution in [1.82, 2.24) is 9.80 Å². The summed E-state index contributed by atoms with van der Waals surface area (Å²) in [5, 5.41) is 0. The highest BCUT2D eigenvalue weighted by Gasteiger charge is 2.26. The minimum Gasteiger partial charge on any atom is -0.464 e. The SMILES string of the molecule is CN(C)Cc1cc2c(o1)CCN(C(=O)C(=Cc1ccccc1)c1ccccc1)C2. The molecule has 0 spiro atoms. The molecule has 0 bridgehead atoms. The van der Waals surface area contributed by atoms with E-state index in [4.69, 9.17) is 4.42 Å². The van der Waals surface area contributed by atoms with Crippen molar-refractivity contribution in [3.05, 3.63) is 94.9 Å². The molecule has 1 aliphatic rings. The smallest absolute Gasteiger partial charge is 0.254 e. The molecule has 0 N–H and O–H groups in total. The van der Waals surface area contributed by atoms with Crippen molar-refractivity contribution < 1.29 is 9.21 Å². The molecule has 148 valence electrons. The Hall–Kier alpha value is -3.11. The lowest BCUT2D eigenvalue weighted by Crippen LogP contribution is -2.36. The first-order valence-electron chi connectivity index (χ1n) is 9.97. The van der Waals surface area contributed by atoms with Gasteiger partial charge in [0, 0.05) is 30.6 Å². The van der Waals surface area contributed by atoms with Crippen LogP contribution in [0.3, 0.4) is 0 Å². The summed E-state index contributed by atoms with van der Waals surface area (Å²) < 4.78 is 5.99. The number of hydrogen-bond acceptors (Lipinski definition) is 3. The first-order valence-corrected chi connectivity index (χ1v) is 9.97. The molecule has 0 radical (unpaired) electrons. The van der Waals surface area contributed by atoms with Crippen molar-refractivity contribution in [2.24, 2.45) is 0 Å². The van der Waals surface area contributed by atoms with Crippen molar-refractivity contribution in [2.45, 2.75) is 19.5 Å². The molecule has 0 fully saturated rings. The van der Waals surface area contributed by atoms with E-state index in [0.717, 1.165) is 46.7 Å². The molecule has 0 saturated heterocycles. The van der Waals surface area contributed by atoms with Gasteiger partial charge < -0.3 is 14.2 Å². The topological polar surface area (TPSA) is 36.7 Å². The highest BCUT2D eigenvalue weighted by atomic mass is 16.3. The largest absolute Gasteiger partial charge is 0.464 e. The lowest BCUT2D eigenvalue weighted by Gasteiger charge is -2.27. The highest BCUT2D eigenvalue weighted by molar-refractivity contribution is 6.24. The fourth-order valence-electron chi connectivity index (χ4n) is 3.73. The van der Waals surface area contributed by atoms with Gasteiger partial charge in [0.2, 0.25) is 0 Å². The summed E-state index contributed by atoms with van der Waals surface area (Å²) in [6, 6.07) is 22.0. The Kier molecular flexibility index (Phi) is 5.63. The van der Waals surface area contributed by atoms with Gasteiger partial charge in [0.15, 0.2) is 0 Å². The monoisotopic (exact) mass is 386 g/mol. The van der Waals surface area contributed by atoms with Crippen LogP contribution in [0.2, 0.25) is 0 Å². The molecule has 1 amide bonds. The van der Waals surface area contributed by atoms with Crippen molar-refractivity contribution in [2.75, 3.05) is 20.6 Å². The fourth-order valence-corrected chi connectivity index (χ4v) is 3.73. The number of hydrogen-bond donors (Lipinski definition) is 0. The zero-order chi connectivity index (χ0) is 20.2.